The molecule has 2 heterocycles. The molecule has 1 N–H and O–H groups in total. The first-order valence-corrected chi connectivity index (χ1v) is 10.2. The summed E-state index contributed by atoms with van der Waals surface area (Å²) < 4.78 is 7.56. The van der Waals surface area contributed by atoms with Gasteiger partial charge in [-0.3, -0.25) is 19.0 Å². The number of carbonyl (C=O) groups excluding carboxylic acids is 2. The molecule has 9 heteroatoms. The van der Waals surface area contributed by atoms with Gasteiger partial charge in [0, 0.05) is 9.99 Å². The molecule has 1 saturated heterocycles. The van der Waals surface area contributed by atoms with Gasteiger partial charge in [0.1, 0.15) is 14.0 Å². The molecule has 2 radical (unpaired) electrons. The molecule has 2 unspecified atom stereocenters. The maximum atomic E-state index is 12.7. The predicted molar refractivity (Wildman–Crippen MR) is 115 cm³/mol. The van der Waals surface area contributed by atoms with Crippen LogP contribution in [0.2, 0.25) is 0 Å². The first-order chi connectivity index (χ1) is 13.3. The Kier molecular flexibility index (Phi) is 6.54. The molecule has 1 aliphatic heterocycles. The van der Waals surface area contributed by atoms with E-state index < -0.39 is 0 Å². The van der Waals surface area contributed by atoms with Crippen molar-refractivity contribution in [3.8, 4) is 0 Å². The average molecular weight is 493 g/mol. The molecule has 1 aromatic heterocycles. The van der Waals surface area contributed by atoms with Gasteiger partial charge in [0.05, 0.1) is 35.7 Å². The van der Waals surface area contributed by atoms with Gasteiger partial charge >= 0.3 is 5.97 Å². The van der Waals surface area contributed by atoms with Crippen LogP contribution >= 0.6 is 22.6 Å². The summed E-state index contributed by atoms with van der Waals surface area (Å²) in [4.78, 5) is 41.3. The lowest BCUT2D eigenvalue weighted by molar-refractivity contribution is -0.153. The number of aromatic nitrogens is 2. The van der Waals surface area contributed by atoms with Crippen molar-refractivity contribution >= 4 is 58.6 Å². The number of halogens is 1. The molecule has 1 aliphatic rings. The van der Waals surface area contributed by atoms with E-state index in [0.29, 0.717) is 29.3 Å². The van der Waals surface area contributed by atoms with E-state index in [1.54, 1.807) is 26.0 Å². The summed E-state index contributed by atoms with van der Waals surface area (Å²) in [5.41, 5.74) is 0.784. The number of fused-ring (bicyclic) bond motifs is 1. The number of carbonyl (C=O) groups is 2. The molecule has 3 rings (SSSR count). The lowest BCUT2D eigenvalue weighted by Gasteiger charge is -2.20. The van der Waals surface area contributed by atoms with Crippen molar-refractivity contribution in [1.29, 1.82) is 0 Å². The number of rotatable bonds is 6. The highest BCUT2D eigenvalue weighted by Gasteiger charge is 2.32. The third-order valence-corrected chi connectivity index (χ3v) is 5.69. The minimum absolute atomic E-state index is 0.0776. The molecule has 1 aromatic carbocycles. The molecule has 146 valence electrons. The Hall–Kier alpha value is -1.75. The van der Waals surface area contributed by atoms with Crippen LogP contribution in [0, 0.1) is 9.49 Å². The van der Waals surface area contributed by atoms with E-state index in [2.05, 4.69) is 32.9 Å². The summed E-state index contributed by atoms with van der Waals surface area (Å²) in [6.07, 6.45) is 1.90. The van der Waals surface area contributed by atoms with Gasteiger partial charge in [-0.1, -0.05) is 19.3 Å². The molecule has 0 spiro atoms. The molecule has 28 heavy (non-hydrogen) atoms. The molecular formula is C19H21BIN3O4. The van der Waals surface area contributed by atoms with E-state index in [4.69, 9.17) is 12.6 Å². The van der Waals surface area contributed by atoms with Gasteiger partial charge in [0.2, 0.25) is 0 Å². The molecule has 2 aromatic rings. The topological polar surface area (TPSA) is 90.3 Å². The maximum Gasteiger partial charge on any atom is 0.308 e. The molecule has 0 saturated carbocycles. The maximum absolute atomic E-state index is 12.7. The van der Waals surface area contributed by atoms with Crippen molar-refractivity contribution in [2.45, 2.75) is 45.4 Å². The Morgan fingerprint density at radius 1 is 1.43 bits per heavy atom. The van der Waals surface area contributed by atoms with Crippen LogP contribution in [0.3, 0.4) is 0 Å². The molecule has 0 aliphatic carbocycles. The Morgan fingerprint density at radius 2 is 2.18 bits per heavy atom. The fourth-order valence-electron chi connectivity index (χ4n) is 3.18. The van der Waals surface area contributed by atoms with Gasteiger partial charge < -0.3 is 10.1 Å². The van der Waals surface area contributed by atoms with Gasteiger partial charge in [-0.05, 0) is 47.7 Å². The Morgan fingerprint density at radius 3 is 2.89 bits per heavy atom. The van der Waals surface area contributed by atoms with Gasteiger partial charge in [-0.15, -0.1) is 0 Å². The van der Waals surface area contributed by atoms with E-state index >= 15 is 0 Å². The number of nitrogens with one attached hydrogen (secondary N) is 1. The van der Waals surface area contributed by atoms with Crippen LogP contribution in [-0.2, 0) is 20.9 Å². The first-order valence-electron chi connectivity index (χ1n) is 9.16. The number of nitrogens with zero attached hydrogens (tertiary/aromatic N) is 2. The highest BCUT2D eigenvalue weighted by molar-refractivity contribution is 14.1. The second-order valence-corrected chi connectivity index (χ2v) is 8.45. The second-order valence-electron chi connectivity index (χ2n) is 7.29. The number of Topliss-reactive ketones (excluding diaryl/α,β-unsaturated/α-hetero) is 1. The minimum Gasteiger partial charge on any atom is -0.460 e. The standard InChI is InChI=1S/C19H21BIN3O4/c1-10(2)19(27)28-17-3-4-22-16(17)5-11(25)8-24-9-23-15-7-13(20)14(21)6-12(15)18(24)26/h6-7,9-10,16-17,22H,3-5,8H2,1-2H3. The van der Waals surface area contributed by atoms with E-state index in [9.17, 15) is 14.4 Å². The minimum atomic E-state index is -0.324. The lowest BCUT2D eigenvalue weighted by atomic mass is 9.95. The zero-order valence-corrected chi connectivity index (χ0v) is 17.9. The van der Waals surface area contributed by atoms with E-state index in [-0.39, 0.29) is 48.3 Å². The summed E-state index contributed by atoms with van der Waals surface area (Å²) in [6.45, 7) is 4.16. The lowest BCUT2D eigenvalue weighted by Crippen LogP contribution is -2.37. The van der Waals surface area contributed by atoms with Crippen LogP contribution in [0.4, 0.5) is 0 Å². The zero-order chi connectivity index (χ0) is 20.4. The molecule has 0 amide bonds. The third kappa shape index (κ3) is 4.62. The van der Waals surface area contributed by atoms with Gasteiger partial charge in [-0.25, -0.2) is 4.98 Å². The van der Waals surface area contributed by atoms with E-state index in [0.717, 1.165) is 3.57 Å². The largest absolute Gasteiger partial charge is 0.460 e. The summed E-state index contributed by atoms with van der Waals surface area (Å²) >= 11 is 2.06. The van der Waals surface area contributed by atoms with Crippen LogP contribution in [0.15, 0.2) is 23.3 Å². The number of hydrogen-bond acceptors (Lipinski definition) is 6. The van der Waals surface area contributed by atoms with Gasteiger partial charge in [-0.2, -0.15) is 0 Å². The highest BCUT2D eigenvalue weighted by Crippen LogP contribution is 2.17. The number of ether oxygens (including phenoxy) is 1. The normalized spacial score (nSPS) is 19.3. The Bertz CT molecular complexity index is 976. The second kappa shape index (κ2) is 8.73. The van der Waals surface area contributed by atoms with Crippen molar-refractivity contribution in [2.75, 3.05) is 6.54 Å². The average Bonchev–Trinajstić information content (AvgIpc) is 3.05. The van der Waals surface area contributed by atoms with Crippen molar-refractivity contribution in [3.05, 3.63) is 32.4 Å². The number of ketones is 1. The van der Waals surface area contributed by atoms with Crippen molar-refractivity contribution in [2.24, 2.45) is 5.92 Å². The summed E-state index contributed by atoms with van der Waals surface area (Å²) in [6, 6.07) is 3.10. The molecular weight excluding hydrogens is 472 g/mol. The van der Waals surface area contributed by atoms with Crippen molar-refractivity contribution < 1.29 is 14.3 Å². The zero-order valence-electron chi connectivity index (χ0n) is 15.8. The van der Waals surface area contributed by atoms with Crippen LogP contribution in [0.25, 0.3) is 10.9 Å². The SMILES string of the molecule is [B]c1cc2ncn(CC(=O)CC3NCCC3OC(=O)C(C)C)c(=O)c2cc1I. The van der Waals surface area contributed by atoms with E-state index in [1.165, 1.54) is 10.9 Å². The van der Waals surface area contributed by atoms with Gasteiger partial charge in [0.25, 0.3) is 5.56 Å². The quantitative estimate of drug-likeness (QED) is 0.362. The predicted octanol–water partition coefficient (Wildman–Crippen LogP) is 0.684. The molecule has 2 atom stereocenters. The van der Waals surface area contributed by atoms with Crippen LogP contribution in [0.1, 0.15) is 26.7 Å². The number of hydrogen-bond donors (Lipinski definition) is 1. The highest BCUT2D eigenvalue weighted by atomic mass is 127. The first kappa shape index (κ1) is 21.0. The fourth-order valence-corrected chi connectivity index (χ4v) is 3.65. The van der Waals surface area contributed by atoms with Crippen LogP contribution in [-0.4, -0.2) is 47.8 Å². The Labute approximate surface area is 177 Å². The van der Waals surface area contributed by atoms with Gasteiger partial charge in [0.15, 0.2) is 5.78 Å². The molecule has 1 fully saturated rings. The van der Waals surface area contributed by atoms with Crippen molar-refractivity contribution in [3.63, 3.8) is 0 Å². The van der Waals surface area contributed by atoms with Crippen LogP contribution in [0.5, 0.6) is 0 Å². The molecule has 7 nitrogen and oxygen atoms in total. The number of esters is 1. The van der Waals surface area contributed by atoms with Crippen molar-refractivity contribution in [1.82, 2.24) is 14.9 Å². The monoisotopic (exact) mass is 493 g/mol. The number of benzene rings is 1. The van der Waals surface area contributed by atoms with E-state index in [1.807, 2.05) is 0 Å². The van der Waals surface area contributed by atoms with Crippen LogP contribution < -0.4 is 16.3 Å². The Balaban J connectivity index is 1.71. The molecule has 0 bridgehead atoms. The smallest absolute Gasteiger partial charge is 0.308 e. The third-order valence-electron chi connectivity index (χ3n) is 4.76. The summed E-state index contributed by atoms with van der Waals surface area (Å²) in [5.74, 6) is -0.607. The summed E-state index contributed by atoms with van der Waals surface area (Å²) in [5, 5.41) is 3.64. The summed E-state index contributed by atoms with van der Waals surface area (Å²) in [7, 11) is 5.86. The fraction of sp³-hybridized carbons (Fsp3) is 0.474.